The van der Waals surface area contributed by atoms with Gasteiger partial charge in [-0.25, -0.2) is 10.3 Å². The van der Waals surface area contributed by atoms with Crippen LogP contribution in [0.2, 0.25) is 0 Å². The number of para-hydroxylation sites is 2. The first kappa shape index (κ1) is 17.5. The summed E-state index contributed by atoms with van der Waals surface area (Å²) in [4.78, 5) is 17.1. The zero-order valence-electron chi connectivity index (χ0n) is 14.2. The van der Waals surface area contributed by atoms with Gasteiger partial charge in [-0.1, -0.05) is 66.7 Å². The third-order valence-electron chi connectivity index (χ3n) is 3.63. The van der Waals surface area contributed by atoms with E-state index >= 15 is 0 Å². The molecule has 2 amide bonds. The quantitative estimate of drug-likeness (QED) is 0.622. The monoisotopic (exact) mass is 348 g/mol. The highest BCUT2D eigenvalue weighted by molar-refractivity contribution is 5.72. The van der Waals surface area contributed by atoms with E-state index in [2.05, 4.69) is 10.8 Å². The molecular weight excluding hydrogens is 328 g/mol. The van der Waals surface area contributed by atoms with Gasteiger partial charge < -0.3 is 10.1 Å². The zero-order chi connectivity index (χ0) is 18.0. The van der Waals surface area contributed by atoms with Crippen LogP contribution in [-0.4, -0.2) is 6.03 Å². The molecule has 3 aromatic rings. The lowest BCUT2D eigenvalue weighted by Gasteiger charge is -2.12. The first-order valence-electron chi connectivity index (χ1n) is 8.31. The van der Waals surface area contributed by atoms with E-state index in [0.717, 1.165) is 16.9 Å². The second kappa shape index (κ2) is 9.25. The van der Waals surface area contributed by atoms with Crippen LogP contribution in [0.25, 0.3) is 0 Å². The molecule has 0 aliphatic carbocycles. The number of hydrogen-bond donors (Lipinski definition) is 2. The highest BCUT2D eigenvalue weighted by Crippen LogP contribution is 2.24. The molecule has 5 heteroatoms. The molecular formula is C21H20N2O3. The van der Waals surface area contributed by atoms with Crippen molar-refractivity contribution < 1.29 is 14.4 Å². The Morgan fingerprint density at radius 1 is 0.808 bits per heavy atom. The summed E-state index contributed by atoms with van der Waals surface area (Å²) in [6.07, 6.45) is 0. The van der Waals surface area contributed by atoms with Crippen molar-refractivity contribution in [2.75, 3.05) is 0 Å². The summed E-state index contributed by atoms with van der Waals surface area (Å²) < 4.78 is 5.88. The van der Waals surface area contributed by atoms with Gasteiger partial charge in [0.2, 0.25) is 0 Å². The van der Waals surface area contributed by atoms with Crippen molar-refractivity contribution in [1.82, 2.24) is 10.8 Å². The lowest BCUT2D eigenvalue weighted by Crippen LogP contribution is -2.35. The molecule has 0 atom stereocenters. The minimum absolute atomic E-state index is 0.308. The molecule has 3 rings (SSSR count). The number of hydroxylamine groups is 1. The van der Waals surface area contributed by atoms with Gasteiger partial charge in [0.15, 0.2) is 0 Å². The van der Waals surface area contributed by atoms with Crippen LogP contribution in [-0.2, 0) is 18.0 Å². The molecule has 0 saturated carbocycles. The number of carbonyl (C=O) groups excluding carboxylic acids is 1. The van der Waals surface area contributed by atoms with E-state index in [1.54, 1.807) is 0 Å². The van der Waals surface area contributed by atoms with Crippen molar-refractivity contribution in [1.29, 1.82) is 0 Å². The Hall–Kier alpha value is -3.31. The molecule has 0 heterocycles. The molecule has 0 spiro atoms. The Morgan fingerprint density at radius 3 is 2.23 bits per heavy atom. The molecule has 0 aliphatic rings. The number of benzene rings is 3. The Bertz CT molecular complexity index is 823. The van der Waals surface area contributed by atoms with Crippen molar-refractivity contribution in [3.05, 3.63) is 96.1 Å². The molecule has 0 aromatic heterocycles. The molecule has 0 aliphatic heterocycles. The van der Waals surface area contributed by atoms with Crippen LogP contribution in [0.15, 0.2) is 84.9 Å². The molecule has 2 N–H and O–H groups in total. The van der Waals surface area contributed by atoms with Crippen LogP contribution in [0.3, 0.4) is 0 Å². The number of hydrogen-bond acceptors (Lipinski definition) is 3. The normalized spacial score (nSPS) is 10.2. The first-order chi connectivity index (χ1) is 12.8. The van der Waals surface area contributed by atoms with E-state index in [1.165, 1.54) is 0 Å². The molecule has 0 bridgehead atoms. The predicted molar refractivity (Wildman–Crippen MR) is 99.6 cm³/mol. The number of amides is 2. The van der Waals surface area contributed by atoms with Gasteiger partial charge in [-0.3, -0.25) is 4.84 Å². The largest absolute Gasteiger partial charge is 0.457 e. The fraction of sp³-hybridized carbons (Fsp3) is 0.0952. The van der Waals surface area contributed by atoms with Crippen LogP contribution in [0.4, 0.5) is 4.79 Å². The summed E-state index contributed by atoms with van der Waals surface area (Å²) in [6, 6.07) is 26.3. The third kappa shape index (κ3) is 5.36. The number of nitrogens with one attached hydrogen (secondary N) is 2. The lowest BCUT2D eigenvalue weighted by atomic mass is 10.2. The van der Waals surface area contributed by atoms with Crippen molar-refractivity contribution in [2.45, 2.75) is 13.2 Å². The van der Waals surface area contributed by atoms with Gasteiger partial charge in [0, 0.05) is 12.1 Å². The molecule has 0 unspecified atom stereocenters. The number of urea groups is 1. The summed E-state index contributed by atoms with van der Waals surface area (Å²) in [5, 5.41) is 2.76. The molecule has 5 nitrogen and oxygen atoms in total. The number of ether oxygens (including phenoxy) is 1. The lowest BCUT2D eigenvalue weighted by molar-refractivity contribution is 0.0489. The van der Waals surface area contributed by atoms with Crippen LogP contribution in [0.5, 0.6) is 11.5 Å². The standard InChI is InChI=1S/C21H20N2O3/c24-21(23-25-16-17-9-3-1-4-10-17)22-15-18-11-7-8-14-20(18)26-19-12-5-2-6-13-19/h1-14H,15-16H2,(H2,22,23,24). The van der Waals surface area contributed by atoms with Crippen molar-refractivity contribution in [3.63, 3.8) is 0 Å². The summed E-state index contributed by atoms with van der Waals surface area (Å²) in [6.45, 7) is 0.630. The Kier molecular flexibility index (Phi) is 6.23. The van der Waals surface area contributed by atoms with Gasteiger partial charge in [-0.2, -0.15) is 0 Å². The number of carbonyl (C=O) groups is 1. The second-order valence-corrected chi connectivity index (χ2v) is 5.58. The van der Waals surface area contributed by atoms with E-state index in [9.17, 15) is 4.79 Å². The van der Waals surface area contributed by atoms with Gasteiger partial charge in [0.25, 0.3) is 0 Å². The van der Waals surface area contributed by atoms with E-state index in [4.69, 9.17) is 9.57 Å². The minimum Gasteiger partial charge on any atom is -0.457 e. The maximum Gasteiger partial charge on any atom is 0.338 e. The molecule has 3 aromatic carbocycles. The Labute approximate surface area is 152 Å². The summed E-state index contributed by atoms with van der Waals surface area (Å²) in [5.41, 5.74) is 4.23. The fourth-order valence-electron chi connectivity index (χ4n) is 2.34. The van der Waals surface area contributed by atoms with Gasteiger partial charge in [0.05, 0.1) is 6.61 Å². The van der Waals surface area contributed by atoms with E-state index in [0.29, 0.717) is 18.9 Å². The molecule has 0 fully saturated rings. The third-order valence-corrected chi connectivity index (χ3v) is 3.63. The van der Waals surface area contributed by atoms with Crippen LogP contribution in [0.1, 0.15) is 11.1 Å². The Balaban J connectivity index is 1.49. The van der Waals surface area contributed by atoms with Crippen molar-refractivity contribution in [3.8, 4) is 11.5 Å². The topological polar surface area (TPSA) is 59.6 Å². The van der Waals surface area contributed by atoms with Crippen LogP contribution >= 0.6 is 0 Å². The number of rotatable bonds is 7. The predicted octanol–water partition coefficient (Wildman–Crippen LogP) is 4.41. The van der Waals surface area contributed by atoms with Crippen molar-refractivity contribution >= 4 is 6.03 Å². The smallest absolute Gasteiger partial charge is 0.338 e. The molecule has 26 heavy (non-hydrogen) atoms. The maximum absolute atomic E-state index is 11.9. The maximum atomic E-state index is 11.9. The zero-order valence-corrected chi connectivity index (χ0v) is 14.2. The molecule has 0 radical (unpaired) electrons. The van der Waals surface area contributed by atoms with Gasteiger partial charge >= 0.3 is 6.03 Å². The van der Waals surface area contributed by atoms with E-state index in [1.807, 2.05) is 84.9 Å². The second-order valence-electron chi connectivity index (χ2n) is 5.58. The summed E-state index contributed by atoms with van der Waals surface area (Å²) in [5.74, 6) is 1.44. The van der Waals surface area contributed by atoms with Gasteiger partial charge in [-0.15, -0.1) is 0 Å². The highest BCUT2D eigenvalue weighted by atomic mass is 16.7. The summed E-state index contributed by atoms with van der Waals surface area (Å²) >= 11 is 0. The first-order valence-corrected chi connectivity index (χ1v) is 8.31. The van der Waals surface area contributed by atoms with E-state index < -0.39 is 6.03 Å². The Morgan fingerprint density at radius 2 is 1.46 bits per heavy atom. The van der Waals surface area contributed by atoms with Crippen LogP contribution in [0, 0.1) is 0 Å². The molecule has 0 saturated heterocycles. The van der Waals surface area contributed by atoms with Gasteiger partial charge in [-0.05, 0) is 23.8 Å². The van der Waals surface area contributed by atoms with Gasteiger partial charge in [0.1, 0.15) is 11.5 Å². The summed E-state index contributed by atoms with van der Waals surface area (Å²) in [7, 11) is 0. The van der Waals surface area contributed by atoms with Crippen LogP contribution < -0.4 is 15.5 Å². The average Bonchev–Trinajstić information content (AvgIpc) is 2.69. The molecule has 132 valence electrons. The minimum atomic E-state index is -0.407. The SMILES string of the molecule is O=C(NCc1ccccc1Oc1ccccc1)NOCc1ccccc1. The average molecular weight is 348 g/mol. The van der Waals surface area contributed by atoms with Crippen molar-refractivity contribution in [2.24, 2.45) is 0 Å². The van der Waals surface area contributed by atoms with E-state index in [-0.39, 0.29) is 0 Å². The fourth-order valence-corrected chi connectivity index (χ4v) is 2.34. The highest BCUT2D eigenvalue weighted by Gasteiger charge is 2.06.